The van der Waals surface area contributed by atoms with Crippen LogP contribution in [-0.4, -0.2) is 67.8 Å². The fraction of sp³-hybridized carbons (Fsp3) is 0.346. The van der Waals surface area contributed by atoms with E-state index in [0.717, 1.165) is 36.0 Å². The van der Waals surface area contributed by atoms with E-state index in [2.05, 4.69) is 42.8 Å². The third-order valence-electron chi connectivity index (χ3n) is 4.85. The smallest absolute Gasteiger partial charge is 0.104 e. The minimum atomic E-state index is -0.798. The molecule has 35 heavy (non-hydrogen) atoms. The Balaban J connectivity index is 0.000000236. The first-order valence-electron chi connectivity index (χ1n) is 11.3. The van der Waals surface area contributed by atoms with E-state index >= 15 is 0 Å². The highest BCUT2D eigenvalue weighted by Crippen LogP contribution is 2.13. The molecular weight excluding hydrogens is 512 g/mol. The van der Waals surface area contributed by atoms with Gasteiger partial charge in [0.1, 0.15) is 6.10 Å². The Morgan fingerprint density at radius 1 is 0.971 bits per heavy atom. The van der Waals surface area contributed by atoms with Crippen LogP contribution in [0.1, 0.15) is 30.1 Å². The van der Waals surface area contributed by atoms with Gasteiger partial charge in [-0.2, -0.15) is 0 Å². The molecule has 1 aliphatic heterocycles. The molecule has 9 heteroatoms. The maximum atomic E-state index is 9.19. The monoisotopic (exact) mass is 546 g/mol. The molecule has 3 aromatic rings. The van der Waals surface area contributed by atoms with Gasteiger partial charge in [-0.1, -0.05) is 24.8 Å². The highest BCUT2D eigenvalue weighted by molar-refractivity contribution is 9.10. The van der Waals surface area contributed by atoms with Gasteiger partial charge in [0.2, 0.25) is 0 Å². The van der Waals surface area contributed by atoms with Crippen molar-refractivity contribution >= 4 is 22.0 Å². The van der Waals surface area contributed by atoms with Crippen LogP contribution in [0.2, 0.25) is 0 Å². The second-order valence-electron chi connectivity index (χ2n) is 7.50. The number of nitrogens with zero attached hydrogens (tertiary/aromatic N) is 3. The van der Waals surface area contributed by atoms with Crippen molar-refractivity contribution in [1.82, 2.24) is 20.3 Å². The third-order valence-corrected chi connectivity index (χ3v) is 5.32. The van der Waals surface area contributed by atoms with Crippen LogP contribution in [0.15, 0.2) is 84.6 Å². The molecule has 4 rings (SSSR count). The molecule has 0 aliphatic carbocycles. The van der Waals surface area contributed by atoms with Crippen LogP contribution in [-0.2, 0) is 0 Å². The summed E-state index contributed by atoms with van der Waals surface area (Å²) < 4.78 is 1.02. The quantitative estimate of drug-likeness (QED) is 0.330. The van der Waals surface area contributed by atoms with Gasteiger partial charge in [0, 0.05) is 53.8 Å². The molecule has 3 unspecified atom stereocenters. The fourth-order valence-electron chi connectivity index (χ4n) is 2.87. The minimum absolute atomic E-state index is 0.105. The third kappa shape index (κ3) is 14.5. The van der Waals surface area contributed by atoms with Crippen molar-refractivity contribution in [2.75, 3.05) is 26.3 Å². The number of piperidine rings is 1. The van der Waals surface area contributed by atoms with Gasteiger partial charge in [-0.15, -0.1) is 0 Å². The summed E-state index contributed by atoms with van der Waals surface area (Å²) in [5.41, 5.74) is 1.71. The van der Waals surface area contributed by atoms with Crippen molar-refractivity contribution in [3.8, 4) is 0 Å². The number of rotatable bonds is 5. The van der Waals surface area contributed by atoms with Gasteiger partial charge < -0.3 is 25.7 Å². The molecule has 1 saturated heterocycles. The van der Waals surface area contributed by atoms with E-state index < -0.39 is 12.2 Å². The topological polar surface area (TPSA) is 132 Å². The average molecular weight is 547 g/mol. The van der Waals surface area contributed by atoms with Gasteiger partial charge in [0.15, 0.2) is 0 Å². The lowest BCUT2D eigenvalue weighted by Crippen LogP contribution is -2.38. The summed E-state index contributed by atoms with van der Waals surface area (Å²) in [6.07, 6.45) is 12.8. The first kappa shape index (κ1) is 30.5. The predicted octanol–water partition coefficient (Wildman–Crippen LogP) is 3.02. The summed E-state index contributed by atoms with van der Waals surface area (Å²) in [7, 11) is 0. The molecule has 0 radical (unpaired) electrons. The maximum Gasteiger partial charge on any atom is 0.104 e. The molecule has 5 N–H and O–H groups in total. The van der Waals surface area contributed by atoms with Gasteiger partial charge >= 0.3 is 0 Å². The standard InChI is InChI=1S/C7H15NO2.C7H9NO2.C7H7N.C5H4BrN/c2*9-5-7(10)6-2-1-3-8-4-6;1-2-7-4-3-5-8-6-7;6-5-2-1-3-7-4-5/h6-10H,1-5H2;1-4,7,9-10H,5H2;2-6H,1H2;1-4H. The number of hydrogen-bond donors (Lipinski definition) is 5. The van der Waals surface area contributed by atoms with Crippen molar-refractivity contribution in [2.45, 2.75) is 25.0 Å². The molecule has 0 amide bonds. The summed E-state index contributed by atoms with van der Waals surface area (Å²) in [6.45, 7) is 5.13. The minimum Gasteiger partial charge on any atom is -0.394 e. The summed E-state index contributed by atoms with van der Waals surface area (Å²) in [5.74, 6) is 0.263. The average Bonchev–Trinajstić information content (AvgIpc) is 2.95. The summed E-state index contributed by atoms with van der Waals surface area (Å²) in [6, 6.07) is 11.1. The van der Waals surface area contributed by atoms with E-state index in [4.69, 9.17) is 15.3 Å². The largest absolute Gasteiger partial charge is 0.394 e. The van der Waals surface area contributed by atoms with Crippen molar-refractivity contribution in [3.05, 3.63) is 95.8 Å². The lowest BCUT2D eigenvalue weighted by atomic mass is 9.94. The number of aliphatic hydroxyl groups excluding tert-OH is 4. The van der Waals surface area contributed by atoms with Crippen molar-refractivity contribution in [3.63, 3.8) is 0 Å². The molecule has 4 heterocycles. The van der Waals surface area contributed by atoms with Crippen LogP contribution >= 0.6 is 15.9 Å². The van der Waals surface area contributed by atoms with E-state index in [1.54, 1.807) is 49.2 Å². The Morgan fingerprint density at radius 3 is 2.00 bits per heavy atom. The zero-order valence-electron chi connectivity index (χ0n) is 19.7. The van der Waals surface area contributed by atoms with Gasteiger partial charge in [0.25, 0.3) is 0 Å². The molecule has 8 nitrogen and oxygen atoms in total. The molecule has 0 bridgehead atoms. The van der Waals surface area contributed by atoms with Crippen LogP contribution in [0.4, 0.5) is 0 Å². The highest BCUT2D eigenvalue weighted by atomic mass is 79.9. The molecule has 0 saturated carbocycles. The van der Waals surface area contributed by atoms with E-state index in [9.17, 15) is 5.11 Å². The molecule has 0 aromatic carbocycles. The highest BCUT2D eigenvalue weighted by Gasteiger charge is 2.20. The molecule has 3 aromatic heterocycles. The number of aromatic nitrogens is 3. The number of aliphatic hydroxyl groups is 4. The van der Waals surface area contributed by atoms with Crippen LogP contribution in [0, 0.1) is 5.92 Å². The van der Waals surface area contributed by atoms with E-state index in [-0.39, 0.29) is 19.1 Å². The number of nitrogens with one attached hydrogen (secondary N) is 1. The summed E-state index contributed by atoms with van der Waals surface area (Å²) in [4.78, 5) is 11.5. The molecule has 0 spiro atoms. The van der Waals surface area contributed by atoms with E-state index in [0.29, 0.717) is 5.56 Å². The van der Waals surface area contributed by atoms with Crippen molar-refractivity contribution in [2.24, 2.45) is 5.92 Å². The second-order valence-corrected chi connectivity index (χ2v) is 8.42. The van der Waals surface area contributed by atoms with Gasteiger partial charge in [0.05, 0.1) is 19.3 Å². The van der Waals surface area contributed by atoms with E-state index in [1.165, 1.54) is 6.20 Å². The molecule has 1 aliphatic rings. The zero-order chi connectivity index (χ0) is 25.7. The Hall–Kier alpha value is -2.53. The zero-order valence-corrected chi connectivity index (χ0v) is 21.3. The predicted molar refractivity (Wildman–Crippen MR) is 141 cm³/mol. The first-order valence-corrected chi connectivity index (χ1v) is 12.1. The molecule has 190 valence electrons. The Kier molecular flexibility index (Phi) is 17.2. The summed E-state index contributed by atoms with van der Waals surface area (Å²) in [5, 5.41) is 38.5. The Bertz CT molecular complexity index is 886. The number of halogens is 1. The molecular formula is C26H35BrN4O4. The van der Waals surface area contributed by atoms with Gasteiger partial charge in [-0.05, 0) is 71.1 Å². The summed E-state index contributed by atoms with van der Waals surface area (Å²) >= 11 is 3.25. The van der Waals surface area contributed by atoms with Crippen molar-refractivity contribution < 1.29 is 20.4 Å². The van der Waals surface area contributed by atoms with Crippen molar-refractivity contribution in [1.29, 1.82) is 0 Å². The lowest BCUT2D eigenvalue weighted by Gasteiger charge is -2.25. The van der Waals surface area contributed by atoms with Crippen LogP contribution < -0.4 is 5.32 Å². The SMILES string of the molecule is Brc1cccnc1.C=Cc1cccnc1.OCC(O)C1CCCNC1.OCC(O)c1cccnc1. The van der Waals surface area contributed by atoms with E-state index in [1.807, 2.05) is 24.3 Å². The Morgan fingerprint density at radius 2 is 1.63 bits per heavy atom. The number of pyridine rings is 3. The fourth-order valence-corrected chi connectivity index (χ4v) is 3.14. The van der Waals surface area contributed by atoms with Gasteiger partial charge in [-0.3, -0.25) is 15.0 Å². The molecule has 3 atom stereocenters. The van der Waals surface area contributed by atoms with Crippen LogP contribution in [0.5, 0.6) is 0 Å². The first-order chi connectivity index (χ1) is 17.0. The van der Waals surface area contributed by atoms with Crippen LogP contribution in [0.25, 0.3) is 6.08 Å². The number of hydrogen-bond acceptors (Lipinski definition) is 8. The second kappa shape index (κ2) is 19.7. The normalized spacial score (nSPS) is 16.0. The maximum absolute atomic E-state index is 9.19. The Labute approximate surface area is 215 Å². The van der Waals surface area contributed by atoms with Crippen LogP contribution in [0.3, 0.4) is 0 Å². The lowest BCUT2D eigenvalue weighted by molar-refractivity contribution is 0.0377. The van der Waals surface area contributed by atoms with Gasteiger partial charge in [-0.25, -0.2) is 0 Å². The molecule has 1 fully saturated rings.